The molecule has 0 radical (unpaired) electrons. The zero-order valence-electron chi connectivity index (χ0n) is 12.3. The molecule has 110 valence electrons. The van der Waals surface area contributed by atoms with Crippen molar-refractivity contribution in [2.24, 2.45) is 0 Å². The topological polar surface area (TPSA) is 70.2 Å². The van der Waals surface area contributed by atoms with E-state index in [0.29, 0.717) is 6.54 Å². The van der Waals surface area contributed by atoms with Gasteiger partial charge in [0.05, 0.1) is 0 Å². The third-order valence-electron chi connectivity index (χ3n) is 3.04. The van der Waals surface area contributed by atoms with Gasteiger partial charge < -0.3 is 16.0 Å². The number of amides is 3. The van der Waals surface area contributed by atoms with Gasteiger partial charge in [0.15, 0.2) is 0 Å². The first-order valence-corrected chi connectivity index (χ1v) is 6.91. The maximum atomic E-state index is 11.9. The van der Waals surface area contributed by atoms with E-state index in [1.54, 1.807) is 6.92 Å². The first kappa shape index (κ1) is 16.0. The zero-order chi connectivity index (χ0) is 15.0. The lowest BCUT2D eigenvalue weighted by molar-refractivity contribution is -0.122. The molecule has 1 aromatic carbocycles. The first-order chi connectivity index (χ1) is 9.52. The molecule has 2 atom stereocenters. The smallest absolute Gasteiger partial charge is 0.315 e. The van der Waals surface area contributed by atoms with Gasteiger partial charge in [0, 0.05) is 12.6 Å². The molecule has 0 aliphatic heterocycles. The predicted octanol–water partition coefficient (Wildman–Crippen LogP) is 1.79. The Balaban J connectivity index is 2.34. The SMILES string of the molecule is CC[C@@H](C)NC(=O)N[C@H](C)C(=O)NCc1ccccc1. The minimum atomic E-state index is -0.567. The summed E-state index contributed by atoms with van der Waals surface area (Å²) in [6.07, 6.45) is 0.849. The van der Waals surface area contributed by atoms with E-state index in [-0.39, 0.29) is 18.0 Å². The second-order valence-electron chi connectivity index (χ2n) is 4.85. The first-order valence-electron chi connectivity index (χ1n) is 6.91. The van der Waals surface area contributed by atoms with Crippen molar-refractivity contribution in [1.29, 1.82) is 0 Å². The van der Waals surface area contributed by atoms with Gasteiger partial charge in [-0.25, -0.2) is 4.79 Å². The predicted molar refractivity (Wildman–Crippen MR) is 79.2 cm³/mol. The van der Waals surface area contributed by atoms with Crippen molar-refractivity contribution in [3.63, 3.8) is 0 Å². The van der Waals surface area contributed by atoms with E-state index in [1.165, 1.54) is 0 Å². The van der Waals surface area contributed by atoms with Crippen molar-refractivity contribution >= 4 is 11.9 Å². The molecular formula is C15H23N3O2. The van der Waals surface area contributed by atoms with E-state index in [9.17, 15) is 9.59 Å². The van der Waals surface area contributed by atoms with Crippen LogP contribution in [0.15, 0.2) is 30.3 Å². The summed E-state index contributed by atoms with van der Waals surface area (Å²) < 4.78 is 0. The lowest BCUT2D eigenvalue weighted by Crippen LogP contribution is -2.50. The second-order valence-corrected chi connectivity index (χ2v) is 4.85. The monoisotopic (exact) mass is 277 g/mol. The Morgan fingerprint density at radius 1 is 1.10 bits per heavy atom. The van der Waals surface area contributed by atoms with Crippen molar-refractivity contribution in [3.05, 3.63) is 35.9 Å². The van der Waals surface area contributed by atoms with Gasteiger partial charge in [-0.2, -0.15) is 0 Å². The Morgan fingerprint density at radius 2 is 1.75 bits per heavy atom. The van der Waals surface area contributed by atoms with Gasteiger partial charge in [-0.15, -0.1) is 0 Å². The number of carbonyl (C=O) groups excluding carboxylic acids is 2. The fourth-order valence-corrected chi connectivity index (χ4v) is 1.57. The lowest BCUT2D eigenvalue weighted by Gasteiger charge is -2.17. The molecule has 0 fully saturated rings. The van der Waals surface area contributed by atoms with E-state index in [0.717, 1.165) is 12.0 Å². The summed E-state index contributed by atoms with van der Waals surface area (Å²) in [6.45, 7) is 6.02. The van der Waals surface area contributed by atoms with Crippen molar-refractivity contribution in [1.82, 2.24) is 16.0 Å². The summed E-state index contributed by atoms with van der Waals surface area (Å²) in [5.41, 5.74) is 1.03. The summed E-state index contributed by atoms with van der Waals surface area (Å²) in [5.74, 6) is -0.201. The average molecular weight is 277 g/mol. The van der Waals surface area contributed by atoms with Crippen LogP contribution in [-0.4, -0.2) is 24.0 Å². The average Bonchev–Trinajstić information content (AvgIpc) is 2.45. The van der Waals surface area contributed by atoms with E-state index in [4.69, 9.17) is 0 Å². The molecule has 0 unspecified atom stereocenters. The molecule has 5 heteroatoms. The summed E-state index contributed by atoms with van der Waals surface area (Å²) in [5, 5.41) is 8.17. The molecule has 0 bridgehead atoms. The van der Waals surface area contributed by atoms with E-state index < -0.39 is 6.04 Å². The van der Waals surface area contributed by atoms with Gasteiger partial charge in [0.1, 0.15) is 6.04 Å². The summed E-state index contributed by atoms with van der Waals surface area (Å²) >= 11 is 0. The Morgan fingerprint density at radius 3 is 2.35 bits per heavy atom. The second kappa shape index (κ2) is 8.19. The molecule has 0 saturated heterocycles. The number of nitrogens with one attached hydrogen (secondary N) is 3. The van der Waals surface area contributed by atoms with Gasteiger partial charge in [0.25, 0.3) is 0 Å². The Hall–Kier alpha value is -2.04. The molecular weight excluding hydrogens is 254 g/mol. The molecule has 3 N–H and O–H groups in total. The molecule has 0 spiro atoms. The van der Waals surface area contributed by atoms with Gasteiger partial charge in [-0.3, -0.25) is 4.79 Å². The number of rotatable bonds is 6. The summed E-state index contributed by atoms with van der Waals surface area (Å²) in [6, 6.07) is 8.85. The van der Waals surface area contributed by atoms with Crippen LogP contribution < -0.4 is 16.0 Å². The zero-order valence-corrected chi connectivity index (χ0v) is 12.3. The van der Waals surface area contributed by atoms with Gasteiger partial charge in [-0.1, -0.05) is 37.3 Å². The third kappa shape index (κ3) is 5.73. The molecule has 0 aliphatic carbocycles. The van der Waals surface area contributed by atoms with Crippen LogP contribution in [0.1, 0.15) is 32.8 Å². The quantitative estimate of drug-likeness (QED) is 0.742. The minimum absolute atomic E-state index is 0.0922. The Bertz CT molecular complexity index is 434. The van der Waals surface area contributed by atoms with Gasteiger partial charge in [-0.05, 0) is 25.8 Å². The molecule has 0 saturated carbocycles. The number of hydrogen-bond donors (Lipinski definition) is 3. The van der Waals surface area contributed by atoms with Crippen LogP contribution in [0.3, 0.4) is 0 Å². The fourth-order valence-electron chi connectivity index (χ4n) is 1.57. The molecule has 5 nitrogen and oxygen atoms in total. The minimum Gasteiger partial charge on any atom is -0.350 e. The van der Waals surface area contributed by atoms with Crippen LogP contribution in [0, 0.1) is 0 Å². The van der Waals surface area contributed by atoms with Crippen LogP contribution in [-0.2, 0) is 11.3 Å². The summed E-state index contributed by atoms with van der Waals surface area (Å²) in [7, 11) is 0. The summed E-state index contributed by atoms with van der Waals surface area (Å²) in [4.78, 5) is 23.5. The van der Waals surface area contributed by atoms with Crippen LogP contribution in [0.5, 0.6) is 0 Å². The molecule has 0 aliphatic rings. The van der Waals surface area contributed by atoms with Crippen LogP contribution in [0.4, 0.5) is 4.79 Å². The van der Waals surface area contributed by atoms with Crippen molar-refractivity contribution in [2.75, 3.05) is 0 Å². The number of urea groups is 1. The van der Waals surface area contributed by atoms with Crippen LogP contribution in [0.25, 0.3) is 0 Å². The molecule has 1 rings (SSSR count). The van der Waals surface area contributed by atoms with Crippen LogP contribution >= 0.6 is 0 Å². The Kier molecular flexibility index (Phi) is 6.56. The number of hydrogen-bond acceptors (Lipinski definition) is 2. The molecule has 1 aromatic rings. The standard InChI is InChI=1S/C15H23N3O2/c1-4-11(2)17-15(20)18-12(3)14(19)16-10-13-8-6-5-7-9-13/h5-9,11-12H,4,10H2,1-3H3,(H,16,19)(H2,17,18,20)/t11-,12-/m1/s1. The Labute approximate surface area is 120 Å². The van der Waals surface area contributed by atoms with Gasteiger partial charge in [0.2, 0.25) is 5.91 Å². The largest absolute Gasteiger partial charge is 0.350 e. The van der Waals surface area contributed by atoms with Gasteiger partial charge >= 0.3 is 6.03 Å². The highest BCUT2D eigenvalue weighted by molar-refractivity contribution is 5.86. The molecule has 3 amide bonds. The highest BCUT2D eigenvalue weighted by Gasteiger charge is 2.15. The molecule has 0 aromatic heterocycles. The molecule has 20 heavy (non-hydrogen) atoms. The number of benzene rings is 1. The third-order valence-corrected chi connectivity index (χ3v) is 3.04. The van der Waals surface area contributed by atoms with E-state index in [1.807, 2.05) is 44.2 Å². The molecule has 0 heterocycles. The highest BCUT2D eigenvalue weighted by Crippen LogP contribution is 1.97. The van der Waals surface area contributed by atoms with E-state index in [2.05, 4.69) is 16.0 Å². The van der Waals surface area contributed by atoms with Crippen LogP contribution in [0.2, 0.25) is 0 Å². The van der Waals surface area contributed by atoms with Crippen molar-refractivity contribution in [3.8, 4) is 0 Å². The number of carbonyl (C=O) groups is 2. The maximum Gasteiger partial charge on any atom is 0.315 e. The normalized spacial score (nSPS) is 13.2. The highest BCUT2D eigenvalue weighted by atomic mass is 16.2. The lowest BCUT2D eigenvalue weighted by atomic mass is 10.2. The van der Waals surface area contributed by atoms with Crippen molar-refractivity contribution < 1.29 is 9.59 Å². The maximum absolute atomic E-state index is 11.9. The van der Waals surface area contributed by atoms with Crippen molar-refractivity contribution in [2.45, 2.75) is 45.8 Å². The van der Waals surface area contributed by atoms with E-state index >= 15 is 0 Å². The fraction of sp³-hybridized carbons (Fsp3) is 0.467.